The van der Waals surface area contributed by atoms with Crippen LogP contribution in [0.4, 0.5) is 0 Å². The van der Waals surface area contributed by atoms with Crippen molar-refractivity contribution in [3.05, 3.63) is 35.8 Å². The molecular weight excluding hydrogens is 148 g/mol. The fraction of sp³-hybridized carbons (Fsp3) is 0.200. The first kappa shape index (κ1) is 7.22. The molecule has 0 aliphatic rings. The predicted molar refractivity (Wildman–Crippen MR) is 47.8 cm³/mol. The van der Waals surface area contributed by atoms with Crippen LogP contribution in [-0.4, -0.2) is 9.97 Å². The van der Waals surface area contributed by atoms with Crippen molar-refractivity contribution in [3.8, 4) is 0 Å². The molecule has 1 aromatic carbocycles. The highest BCUT2D eigenvalue weighted by Gasteiger charge is 1.98. The fourth-order valence-corrected chi connectivity index (χ4v) is 1.39. The first-order valence-electron chi connectivity index (χ1n) is 3.87. The Kier molecular flexibility index (Phi) is 1.54. The van der Waals surface area contributed by atoms with Crippen LogP contribution < -0.4 is 0 Å². The summed E-state index contributed by atoms with van der Waals surface area (Å²) in [6.07, 6.45) is 4.39. The number of aryl methyl sites for hydroxylation is 2. The highest BCUT2D eigenvalue weighted by Crippen LogP contribution is 2.16. The van der Waals surface area contributed by atoms with Gasteiger partial charge in [0.2, 0.25) is 0 Å². The Labute approximate surface area is 71.3 Å². The second-order valence-electron chi connectivity index (χ2n) is 2.98. The molecule has 12 heavy (non-hydrogen) atoms. The lowest BCUT2D eigenvalue weighted by Gasteiger charge is -2.00. The van der Waals surface area contributed by atoms with Crippen LogP contribution in [-0.2, 0) is 0 Å². The Bertz CT molecular complexity index is 421. The van der Waals surface area contributed by atoms with Crippen LogP contribution in [0.5, 0.6) is 0 Å². The molecular formula is C10H9N2. The van der Waals surface area contributed by atoms with E-state index in [9.17, 15) is 0 Å². The summed E-state index contributed by atoms with van der Waals surface area (Å²) in [5.74, 6) is 0. The van der Waals surface area contributed by atoms with Crippen LogP contribution in [0.25, 0.3) is 10.9 Å². The van der Waals surface area contributed by atoms with E-state index < -0.39 is 0 Å². The van der Waals surface area contributed by atoms with Gasteiger partial charge in [0.25, 0.3) is 0 Å². The number of fused-ring (bicyclic) bond motifs is 1. The van der Waals surface area contributed by atoms with Crippen LogP contribution in [0, 0.1) is 20.2 Å². The van der Waals surface area contributed by atoms with Crippen molar-refractivity contribution in [1.29, 1.82) is 0 Å². The summed E-state index contributed by atoms with van der Waals surface area (Å²) in [6.45, 7) is 4.13. The van der Waals surface area contributed by atoms with Crippen LogP contribution in [0.3, 0.4) is 0 Å². The predicted octanol–water partition coefficient (Wildman–Crippen LogP) is 2.05. The highest BCUT2D eigenvalue weighted by atomic mass is 14.8. The molecule has 1 heterocycles. The number of benzene rings is 1. The normalized spacial score (nSPS) is 10.5. The van der Waals surface area contributed by atoms with Crippen LogP contribution in [0.15, 0.2) is 18.3 Å². The van der Waals surface area contributed by atoms with E-state index in [0.29, 0.717) is 0 Å². The number of nitrogens with zero attached hydrogens (tertiary/aromatic N) is 2. The molecule has 0 N–H and O–H groups in total. The Morgan fingerprint density at radius 3 is 2.92 bits per heavy atom. The van der Waals surface area contributed by atoms with Gasteiger partial charge in [0.05, 0.1) is 5.52 Å². The minimum absolute atomic E-state index is 0.975. The van der Waals surface area contributed by atoms with Crippen molar-refractivity contribution in [1.82, 2.24) is 9.97 Å². The van der Waals surface area contributed by atoms with E-state index in [-0.39, 0.29) is 0 Å². The standard InChI is InChI=1S/C10H9N2/c1-7-3-8(2)9-5-11-6-12-10(9)4-7/h3-5H,1-2H3. The van der Waals surface area contributed by atoms with E-state index in [0.717, 1.165) is 10.9 Å². The molecule has 2 nitrogen and oxygen atoms in total. The molecule has 0 fully saturated rings. The van der Waals surface area contributed by atoms with E-state index in [1.807, 2.05) is 6.07 Å². The summed E-state index contributed by atoms with van der Waals surface area (Å²) >= 11 is 0. The molecule has 0 unspecified atom stereocenters. The highest BCUT2D eigenvalue weighted by molar-refractivity contribution is 5.81. The average Bonchev–Trinajstić information content (AvgIpc) is 2.04. The monoisotopic (exact) mass is 157 g/mol. The van der Waals surface area contributed by atoms with Crippen molar-refractivity contribution < 1.29 is 0 Å². The molecule has 2 heteroatoms. The zero-order chi connectivity index (χ0) is 8.55. The second kappa shape index (κ2) is 2.55. The van der Waals surface area contributed by atoms with Crippen molar-refractivity contribution in [2.24, 2.45) is 0 Å². The first-order chi connectivity index (χ1) is 5.77. The Morgan fingerprint density at radius 2 is 2.08 bits per heavy atom. The molecule has 1 aromatic heterocycles. The van der Waals surface area contributed by atoms with Gasteiger partial charge in [-0.2, -0.15) is 0 Å². The third kappa shape index (κ3) is 1.05. The van der Waals surface area contributed by atoms with Gasteiger partial charge in [0.1, 0.15) is 0 Å². The van der Waals surface area contributed by atoms with Gasteiger partial charge in [-0.05, 0) is 31.0 Å². The lowest BCUT2D eigenvalue weighted by molar-refractivity contribution is 1.19. The van der Waals surface area contributed by atoms with Gasteiger partial charge >= 0.3 is 0 Å². The molecule has 0 aliphatic heterocycles. The number of aromatic nitrogens is 2. The molecule has 1 radical (unpaired) electrons. The maximum atomic E-state index is 4.07. The molecule has 2 aromatic rings. The molecule has 0 amide bonds. The molecule has 2 rings (SSSR count). The summed E-state index contributed by atoms with van der Waals surface area (Å²) in [4.78, 5) is 7.93. The molecule has 0 atom stereocenters. The third-order valence-corrected chi connectivity index (χ3v) is 1.93. The lowest BCUT2D eigenvalue weighted by Crippen LogP contribution is -1.86. The van der Waals surface area contributed by atoms with E-state index >= 15 is 0 Å². The average molecular weight is 157 g/mol. The van der Waals surface area contributed by atoms with Crippen molar-refractivity contribution >= 4 is 10.9 Å². The summed E-state index contributed by atoms with van der Waals surface area (Å²) in [6, 6.07) is 4.17. The van der Waals surface area contributed by atoms with Crippen LogP contribution in [0.1, 0.15) is 11.1 Å². The summed E-state index contributed by atoms with van der Waals surface area (Å²) in [5, 5.41) is 1.11. The smallest absolute Gasteiger partial charge is 0.198 e. The van der Waals surface area contributed by atoms with Crippen molar-refractivity contribution in [3.63, 3.8) is 0 Å². The summed E-state index contributed by atoms with van der Waals surface area (Å²) in [7, 11) is 0. The van der Waals surface area contributed by atoms with Crippen LogP contribution >= 0.6 is 0 Å². The van der Waals surface area contributed by atoms with Gasteiger partial charge < -0.3 is 0 Å². The topological polar surface area (TPSA) is 25.8 Å². The van der Waals surface area contributed by atoms with E-state index in [4.69, 9.17) is 0 Å². The minimum Gasteiger partial charge on any atom is -0.233 e. The second-order valence-corrected chi connectivity index (χ2v) is 2.98. The minimum atomic E-state index is 0.975. The largest absolute Gasteiger partial charge is 0.233 e. The summed E-state index contributed by atoms with van der Waals surface area (Å²) in [5.41, 5.74) is 3.42. The van der Waals surface area contributed by atoms with Gasteiger partial charge in [0, 0.05) is 11.6 Å². The SMILES string of the molecule is Cc1cc(C)c2cn[c]nc2c1. The quantitative estimate of drug-likeness (QED) is 0.585. The van der Waals surface area contributed by atoms with Crippen molar-refractivity contribution in [2.75, 3.05) is 0 Å². The van der Waals surface area contributed by atoms with E-state index in [1.54, 1.807) is 6.20 Å². The molecule has 0 aliphatic carbocycles. The molecule has 59 valence electrons. The lowest BCUT2D eigenvalue weighted by atomic mass is 10.1. The number of hydrogen-bond acceptors (Lipinski definition) is 2. The Morgan fingerprint density at radius 1 is 1.25 bits per heavy atom. The van der Waals surface area contributed by atoms with Gasteiger partial charge in [-0.3, -0.25) is 0 Å². The molecule has 0 spiro atoms. The third-order valence-electron chi connectivity index (χ3n) is 1.93. The molecule has 0 bridgehead atoms. The molecule has 0 saturated heterocycles. The van der Waals surface area contributed by atoms with Gasteiger partial charge in [-0.15, -0.1) is 0 Å². The van der Waals surface area contributed by atoms with Gasteiger partial charge in [0.15, 0.2) is 6.33 Å². The van der Waals surface area contributed by atoms with E-state index in [2.05, 4.69) is 36.2 Å². The number of rotatable bonds is 0. The van der Waals surface area contributed by atoms with Gasteiger partial charge in [-0.1, -0.05) is 6.07 Å². The first-order valence-corrected chi connectivity index (χ1v) is 3.87. The van der Waals surface area contributed by atoms with E-state index in [1.165, 1.54) is 11.1 Å². The Balaban J connectivity index is 2.89. The number of hydrogen-bond donors (Lipinski definition) is 0. The zero-order valence-corrected chi connectivity index (χ0v) is 7.13. The fourth-order valence-electron chi connectivity index (χ4n) is 1.39. The zero-order valence-electron chi connectivity index (χ0n) is 7.13. The maximum absolute atomic E-state index is 4.07. The maximum Gasteiger partial charge on any atom is 0.198 e. The molecule has 0 saturated carbocycles. The van der Waals surface area contributed by atoms with Gasteiger partial charge in [-0.25, -0.2) is 9.97 Å². The Hall–Kier alpha value is -1.44. The summed E-state index contributed by atoms with van der Waals surface area (Å²) < 4.78 is 0. The van der Waals surface area contributed by atoms with Crippen LogP contribution in [0.2, 0.25) is 0 Å². The van der Waals surface area contributed by atoms with Crippen molar-refractivity contribution in [2.45, 2.75) is 13.8 Å².